The molecule has 0 saturated heterocycles. The first-order valence-corrected chi connectivity index (χ1v) is 10.2. The van der Waals surface area contributed by atoms with E-state index in [2.05, 4.69) is 11.1 Å². The number of anilines is 1. The van der Waals surface area contributed by atoms with Gasteiger partial charge in [0, 0.05) is 41.1 Å². The molecule has 3 aromatic heterocycles. The monoisotopic (exact) mass is 419 g/mol. The van der Waals surface area contributed by atoms with Crippen LogP contribution in [-0.2, 0) is 6.54 Å². The highest BCUT2D eigenvalue weighted by molar-refractivity contribution is 7.17. The largest absolute Gasteiger partial charge is 0.366 e. The Hall–Kier alpha value is -3.57. The van der Waals surface area contributed by atoms with E-state index in [1.165, 1.54) is 35.7 Å². The van der Waals surface area contributed by atoms with Crippen molar-refractivity contribution >= 4 is 22.0 Å². The molecule has 0 bridgehead atoms. The number of aryl methyl sites for hydroxylation is 1. The number of halogens is 1. The van der Waals surface area contributed by atoms with Crippen molar-refractivity contribution in [2.24, 2.45) is 0 Å². The molecule has 30 heavy (non-hydrogen) atoms. The van der Waals surface area contributed by atoms with Gasteiger partial charge >= 0.3 is 0 Å². The van der Waals surface area contributed by atoms with Crippen LogP contribution in [-0.4, -0.2) is 20.9 Å². The molecule has 4 rings (SSSR count). The Morgan fingerprint density at radius 3 is 2.70 bits per heavy atom. The minimum Gasteiger partial charge on any atom is -0.366 e. The maximum absolute atomic E-state index is 13.2. The maximum Gasteiger partial charge on any atom is 0.259 e. The quantitative estimate of drug-likeness (QED) is 0.486. The molecule has 0 spiro atoms. The van der Waals surface area contributed by atoms with Crippen LogP contribution in [0.25, 0.3) is 16.2 Å². The zero-order valence-electron chi connectivity index (χ0n) is 16.5. The van der Waals surface area contributed by atoms with Crippen LogP contribution in [0.5, 0.6) is 0 Å². The van der Waals surface area contributed by atoms with E-state index in [9.17, 15) is 9.18 Å². The topological polar surface area (TPSA) is 74.3 Å². The van der Waals surface area contributed by atoms with Gasteiger partial charge in [0.05, 0.1) is 23.5 Å². The molecule has 0 saturated carbocycles. The fourth-order valence-electron chi connectivity index (χ4n) is 3.40. The molecule has 0 aliphatic heterocycles. The van der Waals surface area contributed by atoms with Crippen LogP contribution < -0.4 is 10.5 Å². The first-order valence-electron chi connectivity index (χ1n) is 9.38. The second-order valence-corrected chi connectivity index (χ2v) is 7.96. The van der Waals surface area contributed by atoms with E-state index in [4.69, 9.17) is 10.2 Å². The second kappa shape index (κ2) is 8.05. The molecular weight excluding hydrogens is 401 g/mol. The molecule has 0 atom stereocenters. The third kappa shape index (κ3) is 3.67. The first kappa shape index (κ1) is 19.7. The summed E-state index contributed by atoms with van der Waals surface area (Å²) in [5, 5.41) is 9.16. The Morgan fingerprint density at radius 2 is 2.00 bits per heavy atom. The highest BCUT2D eigenvalue weighted by Gasteiger charge is 2.17. The van der Waals surface area contributed by atoms with Gasteiger partial charge in [0.15, 0.2) is 4.96 Å². The summed E-state index contributed by atoms with van der Waals surface area (Å²) < 4.78 is 14.8. The highest BCUT2D eigenvalue weighted by Crippen LogP contribution is 2.29. The lowest BCUT2D eigenvalue weighted by molar-refractivity contribution is 0.627. The molecule has 0 unspecified atom stereocenters. The normalized spacial score (nSPS) is 10.9. The number of nitrogens with zero attached hydrogens (tertiary/aromatic N) is 5. The van der Waals surface area contributed by atoms with E-state index in [1.54, 1.807) is 28.8 Å². The highest BCUT2D eigenvalue weighted by atomic mass is 32.1. The summed E-state index contributed by atoms with van der Waals surface area (Å²) >= 11 is 1.42. The van der Waals surface area contributed by atoms with Crippen LogP contribution in [0.15, 0.2) is 53.6 Å². The Kier molecular flexibility index (Phi) is 5.29. The van der Waals surface area contributed by atoms with Gasteiger partial charge in [-0.1, -0.05) is 0 Å². The van der Waals surface area contributed by atoms with Crippen molar-refractivity contribution in [3.05, 3.63) is 81.1 Å². The Balaban J connectivity index is 1.75. The van der Waals surface area contributed by atoms with Gasteiger partial charge in [0.25, 0.3) is 5.56 Å². The Morgan fingerprint density at radius 1 is 1.23 bits per heavy atom. The van der Waals surface area contributed by atoms with Crippen molar-refractivity contribution in [2.75, 3.05) is 11.4 Å². The average molecular weight is 419 g/mol. The molecule has 4 aromatic rings. The van der Waals surface area contributed by atoms with Gasteiger partial charge in [-0.3, -0.25) is 14.2 Å². The molecule has 0 radical (unpaired) electrons. The third-order valence-corrected chi connectivity index (χ3v) is 5.77. The van der Waals surface area contributed by atoms with E-state index >= 15 is 0 Å². The molecule has 0 fully saturated rings. The maximum atomic E-state index is 13.2. The van der Waals surface area contributed by atoms with E-state index in [-0.39, 0.29) is 11.4 Å². The number of aromatic nitrogens is 3. The fourth-order valence-corrected chi connectivity index (χ4v) is 4.42. The predicted molar refractivity (Wildman–Crippen MR) is 115 cm³/mol. The van der Waals surface area contributed by atoms with Gasteiger partial charge in [-0.2, -0.15) is 5.26 Å². The van der Waals surface area contributed by atoms with Crippen molar-refractivity contribution in [3.63, 3.8) is 0 Å². The summed E-state index contributed by atoms with van der Waals surface area (Å²) in [6, 6.07) is 11.6. The number of hydrogen-bond acceptors (Lipinski definition) is 6. The van der Waals surface area contributed by atoms with Gasteiger partial charge in [-0.25, -0.2) is 9.37 Å². The summed E-state index contributed by atoms with van der Waals surface area (Å²) in [6.45, 7) is 5.04. The number of rotatable bonds is 5. The van der Waals surface area contributed by atoms with Gasteiger partial charge in [0.1, 0.15) is 11.9 Å². The molecule has 1 aromatic carbocycles. The lowest BCUT2D eigenvalue weighted by Gasteiger charge is -2.22. The summed E-state index contributed by atoms with van der Waals surface area (Å²) in [4.78, 5) is 25.3. The van der Waals surface area contributed by atoms with Crippen LogP contribution in [0.4, 0.5) is 10.1 Å². The molecule has 0 aliphatic rings. The predicted octanol–water partition coefficient (Wildman–Crippen LogP) is 4.16. The number of pyridine rings is 1. The Labute approximate surface area is 176 Å². The van der Waals surface area contributed by atoms with Crippen molar-refractivity contribution in [1.29, 1.82) is 5.26 Å². The molecule has 150 valence electrons. The van der Waals surface area contributed by atoms with E-state index in [0.29, 0.717) is 40.6 Å². The minimum atomic E-state index is -0.288. The molecule has 6 nitrogen and oxygen atoms in total. The first-order chi connectivity index (χ1) is 14.5. The smallest absolute Gasteiger partial charge is 0.259 e. The fraction of sp³-hybridized carbons (Fsp3) is 0.182. The average Bonchev–Trinajstić information content (AvgIpc) is 3.09. The van der Waals surface area contributed by atoms with Gasteiger partial charge in [-0.05, 0) is 44.2 Å². The van der Waals surface area contributed by atoms with Crippen LogP contribution in [0.3, 0.4) is 0 Å². The van der Waals surface area contributed by atoms with Crippen molar-refractivity contribution in [3.8, 4) is 17.3 Å². The lowest BCUT2D eigenvalue weighted by Crippen LogP contribution is -2.24. The number of benzene rings is 1. The molecule has 0 N–H and O–H groups in total. The molecular formula is C22H18FN5OS. The summed E-state index contributed by atoms with van der Waals surface area (Å²) in [7, 11) is 0. The summed E-state index contributed by atoms with van der Waals surface area (Å²) in [6.07, 6.45) is 3.13. The summed E-state index contributed by atoms with van der Waals surface area (Å²) in [5.74, 6) is -0.288. The van der Waals surface area contributed by atoms with Crippen molar-refractivity contribution < 1.29 is 4.39 Å². The third-order valence-electron chi connectivity index (χ3n) is 4.81. The minimum absolute atomic E-state index is 0.188. The number of hydrogen-bond donors (Lipinski definition) is 0. The van der Waals surface area contributed by atoms with Crippen LogP contribution in [0.1, 0.15) is 23.1 Å². The lowest BCUT2D eigenvalue weighted by atomic mass is 10.1. The van der Waals surface area contributed by atoms with Crippen LogP contribution in [0.2, 0.25) is 0 Å². The second-order valence-electron chi connectivity index (χ2n) is 6.78. The SMILES string of the molecule is CCN(Cc1cc(=O)n2c(-c3cncc(C#N)c3)c(C)sc2n1)c1ccc(F)cc1. The van der Waals surface area contributed by atoms with E-state index < -0.39 is 0 Å². The number of thiazole rings is 1. The van der Waals surface area contributed by atoms with Gasteiger partial charge in [-0.15, -0.1) is 11.3 Å². The van der Waals surface area contributed by atoms with Crippen LogP contribution >= 0.6 is 11.3 Å². The zero-order chi connectivity index (χ0) is 21.3. The number of fused-ring (bicyclic) bond motifs is 1. The standard InChI is InChI=1S/C22H18FN5OS/c1-3-27(19-6-4-17(23)5-7-19)13-18-9-20(29)28-21(14(2)30-22(28)26-18)16-8-15(10-24)11-25-12-16/h4-9,11-12H,3,13H2,1-2H3. The molecule has 8 heteroatoms. The molecule has 0 amide bonds. The van der Waals surface area contributed by atoms with E-state index in [0.717, 1.165) is 10.6 Å². The van der Waals surface area contributed by atoms with Crippen molar-refractivity contribution in [2.45, 2.75) is 20.4 Å². The molecule has 0 aliphatic carbocycles. The summed E-state index contributed by atoms with van der Waals surface area (Å²) in [5.41, 5.74) is 3.16. The van der Waals surface area contributed by atoms with E-state index in [1.807, 2.05) is 18.7 Å². The molecule has 3 heterocycles. The Bertz CT molecular complexity index is 1320. The van der Waals surface area contributed by atoms with Gasteiger partial charge < -0.3 is 4.90 Å². The number of nitriles is 1. The van der Waals surface area contributed by atoms with Crippen LogP contribution in [0, 0.1) is 24.1 Å². The van der Waals surface area contributed by atoms with Gasteiger partial charge in [0.2, 0.25) is 0 Å². The van der Waals surface area contributed by atoms with Crippen molar-refractivity contribution in [1.82, 2.24) is 14.4 Å². The zero-order valence-corrected chi connectivity index (χ0v) is 17.3.